The minimum atomic E-state index is 0.293. The highest BCUT2D eigenvalue weighted by molar-refractivity contribution is 7.98. The molecular formula is C16H27N5OS. The number of carbonyl (C=O) groups excluding carboxylic acids is 1. The van der Waals surface area contributed by atoms with E-state index in [2.05, 4.69) is 21.9 Å². The van der Waals surface area contributed by atoms with Crippen molar-refractivity contribution in [3.8, 4) is 0 Å². The average Bonchev–Trinajstić information content (AvgIpc) is 2.78. The molecule has 2 N–H and O–H groups in total. The second-order valence-electron chi connectivity index (χ2n) is 6.02. The predicted molar refractivity (Wildman–Crippen MR) is 95.1 cm³/mol. The Kier molecular flexibility index (Phi) is 7.11. The van der Waals surface area contributed by atoms with Crippen molar-refractivity contribution in [2.45, 2.75) is 38.3 Å². The molecule has 0 bridgehead atoms. The zero-order valence-corrected chi connectivity index (χ0v) is 14.9. The zero-order valence-electron chi connectivity index (χ0n) is 14.1. The molecule has 1 amide bonds. The lowest BCUT2D eigenvalue weighted by Crippen LogP contribution is -2.35. The Morgan fingerprint density at radius 1 is 1.48 bits per heavy atom. The predicted octanol–water partition coefficient (Wildman–Crippen LogP) is 1.62. The van der Waals surface area contributed by atoms with Gasteiger partial charge in [0.1, 0.15) is 11.6 Å². The van der Waals surface area contributed by atoms with Crippen molar-refractivity contribution >= 4 is 23.5 Å². The van der Waals surface area contributed by atoms with Gasteiger partial charge < -0.3 is 10.6 Å². The molecule has 0 saturated carbocycles. The molecule has 0 unspecified atom stereocenters. The van der Waals surface area contributed by atoms with E-state index in [0.717, 1.165) is 43.9 Å². The lowest BCUT2D eigenvalue weighted by atomic mass is 10.1. The van der Waals surface area contributed by atoms with Gasteiger partial charge in [0.15, 0.2) is 0 Å². The lowest BCUT2D eigenvalue weighted by molar-refractivity contribution is -0.130. The first-order valence-corrected chi connectivity index (χ1v) is 9.54. The lowest BCUT2D eigenvalue weighted by Gasteiger charge is -2.26. The van der Waals surface area contributed by atoms with Crippen LogP contribution < -0.4 is 5.73 Å². The Hall–Kier alpha value is -1.34. The van der Waals surface area contributed by atoms with E-state index in [0.29, 0.717) is 30.7 Å². The second-order valence-corrected chi connectivity index (χ2v) is 7.01. The van der Waals surface area contributed by atoms with Crippen LogP contribution in [0.5, 0.6) is 0 Å². The number of thioether (sulfide) groups is 1. The van der Waals surface area contributed by atoms with Crippen molar-refractivity contribution in [2.75, 3.05) is 37.9 Å². The Labute approximate surface area is 142 Å². The molecule has 1 aliphatic rings. The Bertz CT molecular complexity index is 513. The van der Waals surface area contributed by atoms with Crippen molar-refractivity contribution in [1.29, 1.82) is 0 Å². The monoisotopic (exact) mass is 337 g/mol. The van der Waals surface area contributed by atoms with E-state index in [4.69, 9.17) is 5.73 Å². The number of anilines is 1. The number of nitrogens with zero attached hydrogens (tertiary/aromatic N) is 4. The fraction of sp³-hybridized carbons (Fsp3) is 0.688. The van der Waals surface area contributed by atoms with Gasteiger partial charge in [-0.05, 0) is 38.6 Å². The molecule has 128 valence electrons. The normalized spacial score (nSPS) is 18.9. The quantitative estimate of drug-likeness (QED) is 0.850. The summed E-state index contributed by atoms with van der Waals surface area (Å²) >= 11 is 1.73. The van der Waals surface area contributed by atoms with Crippen LogP contribution in [0.3, 0.4) is 0 Å². The second kappa shape index (κ2) is 9.08. The van der Waals surface area contributed by atoms with E-state index in [9.17, 15) is 4.79 Å². The third-order valence-corrected chi connectivity index (χ3v) is 4.92. The number of carbonyl (C=O) groups is 1. The van der Waals surface area contributed by atoms with Gasteiger partial charge in [-0.1, -0.05) is 0 Å². The summed E-state index contributed by atoms with van der Waals surface area (Å²) in [6.45, 7) is 2.42. The molecule has 1 fully saturated rings. The standard InChI is InChI=1S/C16H27N5OS/c1-20(12-15-18-8-5-14(17)19-15)13-4-3-9-21(10-6-13)16(22)7-11-23-2/h5,8,13H,3-4,6-7,9-12H2,1-2H3,(H2,17,18,19)/t13-/m1/s1. The molecule has 1 aliphatic heterocycles. The van der Waals surface area contributed by atoms with Gasteiger partial charge in [0, 0.05) is 37.5 Å². The maximum Gasteiger partial charge on any atom is 0.223 e. The molecule has 1 saturated heterocycles. The highest BCUT2D eigenvalue weighted by Crippen LogP contribution is 2.18. The van der Waals surface area contributed by atoms with Crippen molar-refractivity contribution in [1.82, 2.24) is 19.8 Å². The fourth-order valence-corrected chi connectivity index (χ4v) is 3.34. The number of rotatable bonds is 6. The molecule has 23 heavy (non-hydrogen) atoms. The summed E-state index contributed by atoms with van der Waals surface area (Å²) in [5, 5.41) is 0. The van der Waals surface area contributed by atoms with Crippen LogP contribution in [0.1, 0.15) is 31.5 Å². The van der Waals surface area contributed by atoms with Crippen LogP contribution in [-0.2, 0) is 11.3 Å². The molecule has 2 rings (SSSR count). The number of amides is 1. The summed E-state index contributed by atoms with van der Waals surface area (Å²) in [4.78, 5) is 25.0. The summed E-state index contributed by atoms with van der Waals surface area (Å²) in [6, 6.07) is 2.16. The van der Waals surface area contributed by atoms with Gasteiger partial charge in [-0.3, -0.25) is 9.69 Å². The molecule has 2 heterocycles. The van der Waals surface area contributed by atoms with Gasteiger partial charge in [0.2, 0.25) is 5.91 Å². The summed E-state index contributed by atoms with van der Waals surface area (Å²) < 4.78 is 0. The van der Waals surface area contributed by atoms with Gasteiger partial charge in [0.05, 0.1) is 6.54 Å². The number of nitrogens with two attached hydrogens (primary N) is 1. The third kappa shape index (κ3) is 5.66. The molecule has 6 nitrogen and oxygen atoms in total. The molecule has 1 aromatic rings. The highest BCUT2D eigenvalue weighted by atomic mass is 32.2. The van der Waals surface area contributed by atoms with Crippen LogP contribution >= 0.6 is 11.8 Å². The molecule has 1 atom stereocenters. The molecule has 7 heteroatoms. The van der Waals surface area contributed by atoms with Crippen LogP contribution in [-0.4, -0.2) is 63.9 Å². The molecule has 1 aromatic heterocycles. The largest absolute Gasteiger partial charge is 0.384 e. The van der Waals surface area contributed by atoms with Gasteiger partial charge in [-0.15, -0.1) is 0 Å². The highest BCUT2D eigenvalue weighted by Gasteiger charge is 2.23. The summed E-state index contributed by atoms with van der Waals surface area (Å²) in [6.07, 6.45) is 7.55. The van der Waals surface area contributed by atoms with Crippen LogP contribution in [0.2, 0.25) is 0 Å². The Morgan fingerprint density at radius 2 is 2.30 bits per heavy atom. The molecule has 0 spiro atoms. The van der Waals surface area contributed by atoms with Crippen molar-refractivity contribution in [3.05, 3.63) is 18.1 Å². The van der Waals surface area contributed by atoms with Crippen molar-refractivity contribution < 1.29 is 4.79 Å². The number of hydrogen-bond donors (Lipinski definition) is 1. The average molecular weight is 337 g/mol. The van der Waals surface area contributed by atoms with Crippen LogP contribution in [0, 0.1) is 0 Å². The van der Waals surface area contributed by atoms with Gasteiger partial charge >= 0.3 is 0 Å². The smallest absolute Gasteiger partial charge is 0.223 e. The SMILES string of the molecule is CSCCC(=O)N1CCC[C@@H](N(C)Cc2nccc(N)n2)CC1. The number of aromatic nitrogens is 2. The van der Waals surface area contributed by atoms with Gasteiger partial charge in [0.25, 0.3) is 0 Å². The summed E-state index contributed by atoms with van der Waals surface area (Å²) in [7, 11) is 2.10. The Morgan fingerprint density at radius 3 is 3.04 bits per heavy atom. The summed E-state index contributed by atoms with van der Waals surface area (Å²) in [5.41, 5.74) is 5.71. The van der Waals surface area contributed by atoms with Crippen LogP contribution in [0.25, 0.3) is 0 Å². The summed E-state index contributed by atoms with van der Waals surface area (Å²) in [5.74, 6) is 2.46. The minimum absolute atomic E-state index is 0.293. The fourth-order valence-electron chi connectivity index (χ4n) is 2.96. The van der Waals surface area contributed by atoms with Crippen molar-refractivity contribution in [3.63, 3.8) is 0 Å². The minimum Gasteiger partial charge on any atom is -0.384 e. The van der Waals surface area contributed by atoms with Gasteiger partial charge in [-0.25, -0.2) is 9.97 Å². The van der Waals surface area contributed by atoms with Crippen molar-refractivity contribution in [2.24, 2.45) is 0 Å². The first-order valence-electron chi connectivity index (χ1n) is 8.14. The maximum atomic E-state index is 12.2. The topological polar surface area (TPSA) is 75.4 Å². The van der Waals surface area contributed by atoms with E-state index in [1.54, 1.807) is 24.0 Å². The van der Waals surface area contributed by atoms with E-state index < -0.39 is 0 Å². The van der Waals surface area contributed by atoms with E-state index in [-0.39, 0.29) is 0 Å². The first-order chi connectivity index (χ1) is 11.1. The Balaban J connectivity index is 1.85. The number of hydrogen-bond acceptors (Lipinski definition) is 6. The molecule has 0 aliphatic carbocycles. The first kappa shape index (κ1) is 18.0. The van der Waals surface area contributed by atoms with E-state index in [1.807, 2.05) is 11.2 Å². The van der Waals surface area contributed by atoms with Crippen LogP contribution in [0.4, 0.5) is 5.82 Å². The van der Waals surface area contributed by atoms with Crippen LogP contribution in [0.15, 0.2) is 12.3 Å². The molecule has 0 radical (unpaired) electrons. The number of nitrogen functional groups attached to an aromatic ring is 1. The molecule has 0 aromatic carbocycles. The van der Waals surface area contributed by atoms with Gasteiger partial charge in [-0.2, -0.15) is 11.8 Å². The number of likely N-dealkylation sites (tertiary alicyclic amines) is 1. The van der Waals surface area contributed by atoms with E-state index in [1.165, 1.54) is 0 Å². The zero-order chi connectivity index (χ0) is 16.7. The maximum absolute atomic E-state index is 12.2. The van der Waals surface area contributed by atoms with E-state index >= 15 is 0 Å². The third-order valence-electron chi connectivity index (χ3n) is 4.31. The molecular weight excluding hydrogens is 310 g/mol.